The molecule has 0 heterocycles. The molecule has 0 radical (unpaired) electrons. The standard InChI is InChI=1S/C36H27N3.2C35H27N3O2/c1-38(31-20-14-27(26-37)15-21-31)32-22-16-28(17-23-32)29-18-24-34(25-19-29)39(33-10-3-2-4-11-33)36-13-7-9-30-8-5-6-12-35(30)36;1-36(32-13-8-14-33(25-32)38(39)40)29-21-17-26(18-22-29)27-19-23-31(24-20-27)37(30-11-3-2-4-12-30)35-16-7-10-28-9-5-6-15-34(28)35;1-36(30-22-24-33(25-23-30)38(39)40)29-18-14-26(15-19-29)27-16-20-32(21-17-27)37(31-10-3-2-4-11-31)35-13-7-9-28-8-5-6-12-34(28)35/h2-25H,1H3;2*2-25H,1H3. The van der Waals surface area contributed by atoms with Crippen LogP contribution in [0.4, 0.5) is 96.7 Å². The zero-order chi connectivity index (χ0) is 81.6. The van der Waals surface area contributed by atoms with Crippen LogP contribution in [0.15, 0.2) is 437 Å². The minimum absolute atomic E-state index is 0.0779. The normalized spacial score (nSPS) is 10.8. The van der Waals surface area contributed by atoms with Gasteiger partial charge in [0.15, 0.2) is 0 Å². The first-order valence-corrected chi connectivity index (χ1v) is 39.2. The summed E-state index contributed by atoms with van der Waals surface area (Å²) in [5.74, 6) is 0. The van der Waals surface area contributed by atoms with Crippen LogP contribution < -0.4 is 29.4 Å². The van der Waals surface area contributed by atoms with E-state index in [0.717, 1.165) is 119 Å². The lowest BCUT2D eigenvalue weighted by Gasteiger charge is -2.27. The Kier molecular flexibility index (Phi) is 22.9. The summed E-state index contributed by atoms with van der Waals surface area (Å²) < 4.78 is 0. The second-order valence-electron chi connectivity index (χ2n) is 28.7. The summed E-state index contributed by atoms with van der Waals surface area (Å²) in [5.41, 5.74) is 23.3. The molecular weight excluding hydrogens is 1460 g/mol. The molecular formula is C106H81N9O4. The molecule has 0 bridgehead atoms. The van der Waals surface area contributed by atoms with Crippen molar-refractivity contribution in [1.29, 1.82) is 5.26 Å². The average Bonchev–Trinajstić information content (AvgIpc) is 0.787. The van der Waals surface area contributed by atoms with E-state index in [1.165, 1.54) is 50.5 Å². The highest BCUT2D eigenvalue weighted by atomic mass is 16.6. The minimum atomic E-state index is -0.384. The topological polar surface area (TPSA) is 130 Å². The van der Waals surface area contributed by atoms with Gasteiger partial charge in [0, 0.05) is 130 Å². The Bertz CT molecular complexity index is 6560. The molecule has 13 heteroatoms. The van der Waals surface area contributed by atoms with Crippen LogP contribution in [-0.4, -0.2) is 31.0 Å². The Morgan fingerprint density at radius 2 is 0.454 bits per heavy atom. The van der Waals surface area contributed by atoms with Gasteiger partial charge >= 0.3 is 0 Å². The van der Waals surface area contributed by atoms with Crippen molar-refractivity contribution >= 4 is 129 Å². The molecule has 119 heavy (non-hydrogen) atoms. The van der Waals surface area contributed by atoms with E-state index in [1.54, 1.807) is 24.3 Å². The van der Waals surface area contributed by atoms with E-state index < -0.39 is 0 Å². The van der Waals surface area contributed by atoms with Gasteiger partial charge < -0.3 is 29.4 Å². The maximum Gasteiger partial charge on any atom is 0.271 e. The van der Waals surface area contributed by atoms with Gasteiger partial charge in [0.05, 0.1) is 38.5 Å². The van der Waals surface area contributed by atoms with Crippen LogP contribution in [0, 0.1) is 31.6 Å². The van der Waals surface area contributed by atoms with E-state index >= 15 is 0 Å². The van der Waals surface area contributed by atoms with E-state index in [-0.39, 0.29) is 21.2 Å². The number of hydrogen-bond donors (Lipinski definition) is 0. The summed E-state index contributed by atoms with van der Waals surface area (Å²) in [7, 11) is 5.90. The van der Waals surface area contributed by atoms with Gasteiger partial charge in [-0.1, -0.05) is 243 Å². The molecule has 0 saturated carbocycles. The van der Waals surface area contributed by atoms with E-state index in [2.05, 4.69) is 365 Å². The van der Waals surface area contributed by atoms with Crippen molar-refractivity contribution in [2.24, 2.45) is 0 Å². The molecule has 0 aliphatic carbocycles. The SMILES string of the molecule is CN(c1ccc(-c2ccc(N(c3ccccc3)c3cccc4ccccc34)cc2)cc1)c1ccc([N+](=O)[O-])cc1.CN(c1ccc(-c2ccc(N(c3ccccc3)c3cccc4ccccc34)cc2)cc1)c1cccc([N+](=O)[O-])c1.CN(c1ccc(C#N)cc1)c1ccc(-c2ccc(N(c3ccccc3)c3cccc4ccccc34)cc2)cc1. The van der Waals surface area contributed by atoms with E-state index in [0.29, 0.717) is 5.56 Å². The van der Waals surface area contributed by atoms with Crippen molar-refractivity contribution in [3.05, 3.63) is 463 Å². The zero-order valence-electron chi connectivity index (χ0n) is 65.7. The van der Waals surface area contributed by atoms with Gasteiger partial charge in [-0.3, -0.25) is 20.2 Å². The molecule has 0 N–H and O–H groups in total. The van der Waals surface area contributed by atoms with Crippen LogP contribution in [0.1, 0.15) is 5.56 Å². The predicted molar refractivity (Wildman–Crippen MR) is 494 cm³/mol. The van der Waals surface area contributed by atoms with E-state index in [1.807, 2.05) is 85.5 Å². The van der Waals surface area contributed by atoms with E-state index in [4.69, 9.17) is 5.26 Å². The summed E-state index contributed by atoms with van der Waals surface area (Å²) in [6.07, 6.45) is 0. The van der Waals surface area contributed by atoms with Gasteiger partial charge in [-0.15, -0.1) is 0 Å². The van der Waals surface area contributed by atoms with Crippen molar-refractivity contribution in [3.8, 4) is 39.4 Å². The number of rotatable bonds is 20. The van der Waals surface area contributed by atoms with Crippen molar-refractivity contribution < 1.29 is 9.85 Å². The second-order valence-corrected chi connectivity index (χ2v) is 28.7. The second kappa shape index (κ2) is 35.5. The number of para-hydroxylation sites is 3. The molecule has 0 fully saturated rings. The Labute approximate surface area is 692 Å². The quantitative estimate of drug-likeness (QED) is 0.0534. The highest BCUT2D eigenvalue weighted by Gasteiger charge is 2.21. The summed E-state index contributed by atoms with van der Waals surface area (Å²) in [5, 5.41) is 38.5. The van der Waals surface area contributed by atoms with Gasteiger partial charge in [-0.25, -0.2) is 0 Å². The van der Waals surface area contributed by atoms with Gasteiger partial charge in [0.2, 0.25) is 0 Å². The lowest BCUT2D eigenvalue weighted by Crippen LogP contribution is -2.10. The summed E-state index contributed by atoms with van der Waals surface area (Å²) in [6.45, 7) is 0. The van der Waals surface area contributed by atoms with Crippen LogP contribution in [0.5, 0.6) is 0 Å². The monoisotopic (exact) mass is 1540 g/mol. The highest BCUT2D eigenvalue weighted by Crippen LogP contribution is 2.44. The number of hydrogen-bond acceptors (Lipinski definition) is 11. The largest absolute Gasteiger partial charge is 0.345 e. The Balaban J connectivity index is 0.000000133. The lowest BCUT2D eigenvalue weighted by atomic mass is 10.0. The van der Waals surface area contributed by atoms with Crippen LogP contribution in [0.25, 0.3) is 65.7 Å². The molecule has 18 aromatic rings. The van der Waals surface area contributed by atoms with Crippen LogP contribution in [-0.2, 0) is 0 Å². The Morgan fingerprint density at radius 3 is 0.748 bits per heavy atom. The number of nitro benzene ring substituents is 2. The number of nitriles is 1. The van der Waals surface area contributed by atoms with Crippen LogP contribution in [0.2, 0.25) is 0 Å². The number of nitro groups is 2. The molecule has 0 amide bonds. The number of non-ortho nitro benzene ring substituents is 2. The highest BCUT2D eigenvalue weighted by molar-refractivity contribution is 6.02. The van der Waals surface area contributed by atoms with Gasteiger partial charge in [-0.2, -0.15) is 5.26 Å². The maximum atomic E-state index is 11.2. The van der Waals surface area contributed by atoms with Gasteiger partial charge in [-0.05, 0) is 219 Å². The Hall–Kier alpha value is -16.2. The van der Waals surface area contributed by atoms with Crippen LogP contribution in [0.3, 0.4) is 0 Å². The predicted octanol–water partition coefficient (Wildman–Crippen LogP) is 28.9. The van der Waals surface area contributed by atoms with E-state index in [9.17, 15) is 20.2 Å². The molecule has 18 aromatic carbocycles. The number of nitrogens with zero attached hydrogens (tertiary/aromatic N) is 9. The van der Waals surface area contributed by atoms with Crippen molar-refractivity contribution in [2.75, 3.05) is 50.5 Å². The van der Waals surface area contributed by atoms with Gasteiger partial charge in [0.25, 0.3) is 11.4 Å². The van der Waals surface area contributed by atoms with Crippen molar-refractivity contribution in [3.63, 3.8) is 0 Å². The molecule has 0 spiro atoms. The molecule has 18 rings (SSSR count). The first-order chi connectivity index (χ1) is 58.4. The molecule has 0 aliphatic rings. The number of benzene rings is 18. The summed E-state index contributed by atoms with van der Waals surface area (Å²) in [6, 6.07) is 150. The molecule has 0 aromatic heterocycles. The fraction of sp³-hybridized carbons (Fsp3) is 0.0283. The van der Waals surface area contributed by atoms with Crippen molar-refractivity contribution in [1.82, 2.24) is 0 Å². The first kappa shape index (κ1) is 76.8. The zero-order valence-corrected chi connectivity index (χ0v) is 65.7. The fourth-order valence-corrected chi connectivity index (χ4v) is 15.1. The first-order valence-electron chi connectivity index (χ1n) is 39.2. The summed E-state index contributed by atoms with van der Waals surface area (Å²) in [4.78, 5) is 34.4. The smallest absolute Gasteiger partial charge is 0.271 e. The lowest BCUT2D eigenvalue weighted by molar-refractivity contribution is -0.385. The third-order valence-electron chi connectivity index (χ3n) is 21.5. The third-order valence-corrected chi connectivity index (χ3v) is 21.5. The van der Waals surface area contributed by atoms with Crippen molar-refractivity contribution in [2.45, 2.75) is 0 Å². The van der Waals surface area contributed by atoms with Crippen LogP contribution >= 0.6 is 0 Å². The van der Waals surface area contributed by atoms with Gasteiger partial charge in [0.1, 0.15) is 0 Å². The molecule has 0 unspecified atom stereocenters. The maximum absolute atomic E-state index is 11.2. The minimum Gasteiger partial charge on any atom is -0.345 e. The molecule has 0 aliphatic heterocycles. The molecule has 0 saturated heterocycles. The molecule has 574 valence electrons. The third kappa shape index (κ3) is 17.2. The molecule has 0 atom stereocenters. The summed E-state index contributed by atoms with van der Waals surface area (Å²) >= 11 is 0. The average molecular weight is 1540 g/mol. The fourth-order valence-electron chi connectivity index (χ4n) is 15.1. The Morgan fingerprint density at radius 1 is 0.227 bits per heavy atom. The molecule has 13 nitrogen and oxygen atoms in total. The number of anilines is 15. The number of fused-ring (bicyclic) bond motifs is 3.